The van der Waals surface area contributed by atoms with E-state index < -0.39 is 17.8 Å². The van der Waals surface area contributed by atoms with E-state index >= 15 is 0 Å². The van der Waals surface area contributed by atoms with Gasteiger partial charge in [0.05, 0.1) is 22.8 Å². The first-order valence-electron chi connectivity index (χ1n) is 13.7. The van der Waals surface area contributed by atoms with Gasteiger partial charge in [-0.05, 0) is 73.7 Å². The van der Waals surface area contributed by atoms with Gasteiger partial charge in [0.2, 0.25) is 5.91 Å². The molecule has 0 saturated heterocycles. The first-order valence-corrected chi connectivity index (χ1v) is 13.7. The number of rotatable bonds is 8. The van der Waals surface area contributed by atoms with E-state index in [1.165, 1.54) is 28.8 Å². The van der Waals surface area contributed by atoms with E-state index in [-0.39, 0.29) is 17.9 Å². The third kappa shape index (κ3) is 5.40. The number of fused-ring (bicyclic) bond motifs is 2. The van der Waals surface area contributed by atoms with Gasteiger partial charge in [-0.1, -0.05) is 29.5 Å². The van der Waals surface area contributed by atoms with Crippen molar-refractivity contribution in [2.24, 2.45) is 0 Å². The number of halogens is 1. The van der Waals surface area contributed by atoms with Gasteiger partial charge in [-0.2, -0.15) is 0 Å². The number of unbranched alkanes of at least 4 members (excludes halogenated alkanes) is 1. The smallest absolute Gasteiger partial charge is 0.303 e. The van der Waals surface area contributed by atoms with E-state index in [0.29, 0.717) is 65.8 Å². The van der Waals surface area contributed by atoms with Crippen LogP contribution in [-0.2, 0) is 22.4 Å². The molecule has 0 bridgehead atoms. The van der Waals surface area contributed by atoms with E-state index in [4.69, 9.17) is 10.1 Å². The summed E-state index contributed by atoms with van der Waals surface area (Å²) in [4.78, 5) is 42.4. The van der Waals surface area contributed by atoms with Crippen LogP contribution in [0.1, 0.15) is 43.1 Å². The van der Waals surface area contributed by atoms with Crippen molar-refractivity contribution in [2.75, 3.05) is 5.32 Å². The Balaban J connectivity index is 1.33. The fraction of sp³-hybridized carbons (Fsp3) is 0.226. The molecule has 0 radical (unpaired) electrons. The Hall–Kier alpha value is -5.19. The Morgan fingerprint density at radius 3 is 2.67 bits per heavy atom. The van der Waals surface area contributed by atoms with Gasteiger partial charge in [0.25, 0.3) is 5.56 Å². The van der Waals surface area contributed by atoms with Crippen LogP contribution < -0.4 is 10.9 Å². The highest BCUT2D eigenvalue weighted by atomic mass is 19.1. The molecule has 3 aromatic carbocycles. The molecule has 2 aromatic heterocycles. The summed E-state index contributed by atoms with van der Waals surface area (Å²) in [5.74, 6) is -1.03. The van der Waals surface area contributed by atoms with Crippen molar-refractivity contribution in [3.8, 4) is 16.9 Å². The maximum atomic E-state index is 13.7. The van der Waals surface area contributed by atoms with E-state index in [0.717, 1.165) is 11.3 Å². The van der Waals surface area contributed by atoms with E-state index in [9.17, 15) is 18.8 Å². The fourth-order valence-corrected chi connectivity index (χ4v) is 5.29. The average Bonchev–Trinajstić information content (AvgIpc) is 3.40. The molecular weight excluding hydrogens is 539 g/mol. The highest BCUT2D eigenvalue weighted by molar-refractivity contribution is 5.95. The number of nitrogens with zero attached hydrogens (tertiary/aromatic N) is 5. The summed E-state index contributed by atoms with van der Waals surface area (Å²) in [6, 6.07) is 17.9. The summed E-state index contributed by atoms with van der Waals surface area (Å²) in [7, 11) is 0. The SMILES string of the molecule is O=C(O)CCCCc1nc2cc(-c3cn(C4CCc5ccccc5NC4=O)nn3)ccc2c(=O)n1-c1ccc(F)cc1. The number of carbonyl (C=O) groups excluding carboxylic acids is 1. The number of carboxylic acids is 1. The molecule has 5 aromatic rings. The van der Waals surface area contributed by atoms with E-state index in [1.54, 1.807) is 29.1 Å². The monoisotopic (exact) mass is 566 g/mol. The van der Waals surface area contributed by atoms with Crippen LogP contribution >= 0.6 is 0 Å². The van der Waals surface area contributed by atoms with Gasteiger partial charge in [-0.25, -0.2) is 14.1 Å². The molecule has 42 heavy (non-hydrogen) atoms. The Morgan fingerprint density at radius 2 is 1.86 bits per heavy atom. The minimum Gasteiger partial charge on any atom is -0.481 e. The maximum Gasteiger partial charge on any atom is 0.303 e. The molecule has 0 saturated carbocycles. The van der Waals surface area contributed by atoms with Gasteiger partial charge >= 0.3 is 5.97 Å². The highest BCUT2D eigenvalue weighted by Gasteiger charge is 2.26. The Kier molecular flexibility index (Phi) is 7.30. The predicted octanol–water partition coefficient (Wildman–Crippen LogP) is 4.71. The lowest BCUT2D eigenvalue weighted by molar-refractivity contribution is -0.137. The zero-order valence-electron chi connectivity index (χ0n) is 22.5. The normalized spacial score (nSPS) is 14.8. The summed E-state index contributed by atoms with van der Waals surface area (Å²) in [5, 5.41) is 20.9. The molecular formula is C31H27FN6O4. The van der Waals surface area contributed by atoms with E-state index in [2.05, 4.69) is 15.6 Å². The van der Waals surface area contributed by atoms with Gasteiger partial charge in [-0.15, -0.1) is 5.10 Å². The summed E-state index contributed by atoms with van der Waals surface area (Å²) in [6.07, 6.45) is 4.30. The van der Waals surface area contributed by atoms with Gasteiger partial charge in [0, 0.05) is 24.1 Å². The van der Waals surface area contributed by atoms with Crippen LogP contribution in [0.3, 0.4) is 0 Å². The Morgan fingerprint density at radius 1 is 1.05 bits per heavy atom. The van der Waals surface area contributed by atoms with Crippen LogP contribution in [0.5, 0.6) is 0 Å². The van der Waals surface area contributed by atoms with Crippen LogP contribution in [-0.4, -0.2) is 41.5 Å². The van der Waals surface area contributed by atoms with Crippen molar-refractivity contribution in [3.05, 3.63) is 100 Å². The number of hydrogen-bond donors (Lipinski definition) is 2. The molecule has 1 aliphatic rings. The minimum absolute atomic E-state index is 0.0132. The number of benzene rings is 3. The molecule has 1 aliphatic heterocycles. The second-order valence-electron chi connectivity index (χ2n) is 10.3. The number of anilines is 1. The molecule has 1 unspecified atom stereocenters. The summed E-state index contributed by atoms with van der Waals surface area (Å²) >= 11 is 0. The summed E-state index contributed by atoms with van der Waals surface area (Å²) in [6.45, 7) is 0. The molecule has 0 fully saturated rings. The van der Waals surface area contributed by atoms with Gasteiger partial charge in [0.1, 0.15) is 23.4 Å². The van der Waals surface area contributed by atoms with Crippen LogP contribution in [0.15, 0.2) is 77.7 Å². The molecule has 212 valence electrons. The van der Waals surface area contributed by atoms with Crippen molar-refractivity contribution < 1.29 is 19.1 Å². The molecule has 1 atom stereocenters. The van der Waals surface area contributed by atoms with E-state index in [1.807, 2.05) is 24.3 Å². The van der Waals surface area contributed by atoms with Crippen LogP contribution in [0.25, 0.3) is 27.8 Å². The topological polar surface area (TPSA) is 132 Å². The number of para-hydroxylation sites is 1. The molecule has 10 nitrogen and oxygen atoms in total. The third-order valence-electron chi connectivity index (χ3n) is 7.46. The average molecular weight is 567 g/mol. The van der Waals surface area contributed by atoms with Crippen LogP contribution in [0, 0.1) is 5.82 Å². The number of nitrogens with one attached hydrogen (secondary N) is 1. The lowest BCUT2D eigenvalue weighted by atomic mass is 10.1. The molecule has 2 N–H and O–H groups in total. The number of amides is 1. The van der Waals surface area contributed by atoms with Crippen LogP contribution in [0.4, 0.5) is 10.1 Å². The van der Waals surface area contributed by atoms with Crippen molar-refractivity contribution in [1.82, 2.24) is 24.5 Å². The summed E-state index contributed by atoms with van der Waals surface area (Å²) in [5.41, 5.74) is 3.68. The number of aryl methyl sites for hydroxylation is 2. The van der Waals surface area contributed by atoms with Crippen molar-refractivity contribution in [2.45, 2.75) is 44.6 Å². The maximum absolute atomic E-state index is 13.7. The zero-order valence-corrected chi connectivity index (χ0v) is 22.5. The minimum atomic E-state index is -0.888. The highest BCUT2D eigenvalue weighted by Crippen LogP contribution is 2.28. The molecule has 0 spiro atoms. The quantitative estimate of drug-likeness (QED) is 0.260. The number of carbonyl (C=O) groups is 2. The standard InChI is InChI=1S/C31H27FN6O4/c32-21-11-13-22(14-12-21)38-28(7-3-4-8-29(39)40)33-25-17-20(9-15-23(25)31(38)42)26-18-37(36-35-26)27-16-10-19-5-1-2-6-24(19)34-30(27)41/h1-2,5-6,9,11-15,17-18,27H,3-4,7-8,10,16H2,(H,34,41)(H,39,40). The first kappa shape index (κ1) is 27.0. The summed E-state index contributed by atoms with van der Waals surface area (Å²) < 4.78 is 16.6. The molecule has 1 amide bonds. The number of carboxylic acid groups (broad SMARTS) is 1. The van der Waals surface area contributed by atoms with Gasteiger partial charge < -0.3 is 10.4 Å². The number of aromatic nitrogens is 5. The first-order chi connectivity index (χ1) is 20.4. The lowest BCUT2D eigenvalue weighted by Gasteiger charge is -2.14. The lowest BCUT2D eigenvalue weighted by Crippen LogP contribution is -2.25. The number of aliphatic carboxylic acids is 1. The largest absolute Gasteiger partial charge is 0.481 e. The van der Waals surface area contributed by atoms with Crippen molar-refractivity contribution in [1.29, 1.82) is 0 Å². The zero-order chi connectivity index (χ0) is 29.2. The van der Waals surface area contributed by atoms with Crippen molar-refractivity contribution >= 4 is 28.5 Å². The van der Waals surface area contributed by atoms with Gasteiger partial charge in [-0.3, -0.25) is 19.0 Å². The molecule has 0 aliphatic carbocycles. The third-order valence-corrected chi connectivity index (χ3v) is 7.46. The van der Waals surface area contributed by atoms with Crippen LogP contribution in [0.2, 0.25) is 0 Å². The van der Waals surface area contributed by atoms with Gasteiger partial charge in [0.15, 0.2) is 0 Å². The number of hydrogen-bond acceptors (Lipinski definition) is 6. The second-order valence-corrected chi connectivity index (χ2v) is 10.3. The second kappa shape index (κ2) is 11.4. The predicted molar refractivity (Wildman–Crippen MR) is 154 cm³/mol. The Bertz CT molecular complexity index is 1860. The Labute approximate surface area is 239 Å². The fourth-order valence-electron chi connectivity index (χ4n) is 5.29. The molecule has 11 heteroatoms. The molecule has 6 rings (SSSR count). The van der Waals surface area contributed by atoms with Crippen molar-refractivity contribution in [3.63, 3.8) is 0 Å². The molecule has 3 heterocycles.